The molecule has 1 unspecified atom stereocenters. The lowest BCUT2D eigenvalue weighted by Crippen LogP contribution is -2.25. The highest BCUT2D eigenvalue weighted by molar-refractivity contribution is 5.19. The molecule has 0 fully saturated rings. The van der Waals surface area contributed by atoms with Crippen molar-refractivity contribution >= 4 is 0 Å². The fourth-order valence-corrected chi connectivity index (χ4v) is 1.64. The van der Waals surface area contributed by atoms with Gasteiger partial charge in [0.25, 0.3) is 0 Å². The normalized spacial score (nSPS) is 13.1. The highest BCUT2D eigenvalue weighted by Crippen LogP contribution is 2.13. The molecule has 0 aliphatic carbocycles. The molecule has 1 rings (SSSR count). The smallest absolute Gasteiger partial charge is 0.105 e. The number of aryl methyl sites for hydroxylation is 2. The van der Waals surface area contributed by atoms with Crippen LogP contribution in [0.1, 0.15) is 36.8 Å². The van der Waals surface area contributed by atoms with E-state index in [2.05, 4.69) is 18.3 Å². The topological polar surface area (TPSA) is 45.4 Å². The van der Waals surface area contributed by atoms with E-state index in [1.807, 2.05) is 13.8 Å². The Morgan fingerprint density at radius 3 is 2.73 bits per heavy atom. The SMILES string of the molecule is Cc1cc(CNC(C)CCCO)c(C)o1. The monoisotopic (exact) mass is 211 g/mol. The van der Waals surface area contributed by atoms with E-state index in [0.29, 0.717) is 6.04 Å². The van der Waals surface area contributed by atoms with Crippen molar-refractivity contribution in [3.63, 3.8) is 0 Å². The van der Waals surface area contributed by atoms with Gasteiger partial charge in [-0.1, -0.05) is 0 Å². The van der Waals surface area contributed by atoms with Crippen molar-refractivity contribution in [1.29, 1.82) is 0 Å². The second-order valence-corrected chi connectivity index (χ2v) is 4.09. The summed E-state index contributed by atoms with van der Waals surface area (Å²) in [7, 11) is 0. The molecule has 0 aromatic carbocycles. The first-order valence-electron chi connectivity index (χ1n) is 5.53. The molecule has 0 saturated heterocycles. The minimum Gasteiger partial charge on any atom is -0.466 e. The van der Waals surface area contributed by atoms with E-state index in [-0.39, 0.29) is 6.61 Å². The third-order valence-corrected chi connectivity index (χ3v) is 2.58. The average Bonchev–Trinajstić information content (AvgIpc) is 2.51. The van der Waals surface area contributed by atoms with Gasteiger partial charge in [0.15, 0.2) is 0 Å². The third kappa shape index (κ3) is 4.06. The Kier molecular flexibility index (Phi) is 4.85. The molecular weight excluding hydrogens is 190 g/mol. The van der Waals surface area contributed by atoms with Gasteiger partial charge < -0.3 is 14.8 Å². The molecule has 3 heteroatoms. The zero-order chi connectivity index (χ0) is 11.3. The number of rotatable bonds is 6. The van der Waals surface area contributed by atoms with Gasteiger partial charge in [-0.25, -0.2) is 0 Å². The standard InChI is InChI=1S/C12H21NO2/c1-9(5-4-6-14)13-8-12-7-10(2)15-11(12)3/h7,9,13-14H,4-6,8H2,1-3H3. The molecule has 2 N–H and O–H groups in total. The summed E-state index contributed by atoms with van der Waals surface area (Å²) in [5.41, 5.74) is 1.23. The minimum atomic E-state index is 0.274. The van der Waals surface area contributed by atoms with Crippen molar-refractivity contribution in [2.24, 2.45) is 0 Å². The van der Waals surface area contributed by atoms with E-state index in [0.717, 1.165) is 30.9 Å². The summed E-state index contributed by atoms with van der Waals surface area (Å²) in [6, 6.07) is 2.51. The van der Waals surface area contributed by atoms with Gasteiger partial charge in [0.1, 0.15) is 11.5 Å². The van der Waals surface area contributed by atoms with Crippen LogP contribution in [0.3, 0.4) is 0 Å². The molecule has 3 nitrogen and oxygen atoms in total. The quantitative estimate of drug-likeness (QED) is 0.758. The molecule has 1 heterocycles. The Morgan fingerprint density at radius 1 is 1.47 bits per heavy atom. The average molecular weight is 211 g/mol. The highest BCUT2D eigenvalue weighted by Gasteiger charge is 2.06. The molecule has 0 aliphatic heterocycles. The minimum absolute atomic E-state index is 0.274. The lowest BCUT2D eigenvalue weighted by atomic mass is 10.1. The van der Waals surface area contributed by atoms with E-state index >= 15 is 0 Å². The van der Waals surface area contributed by atoms with Crippen molar-refractivity contribution in [2.45, 2.75) is 46.2 Å². The summed E-state index contributed by atoms with van der Waals surface area (Å²) in [5, 5.41) is 12.1. The maximum Gasteiger partial charge on any atom is 0.105 e. The van der Waals surface area contributed by atoms with Crippen molar-refractivity contribution in [1.82, 2.24) is 5.32 Å². The fourth-order valence-electron chi connectivity index (χ4n) is 1.64. The predicted molar refractivity (Wildman–Crippen MR) is 60.8 cm³/mol. The van der Waals surface area contributed by atoms with Crippen LogP contribution in [-0.2, 0) is 6.54 Å². The molecular formula is C12H21NO2. The molecule has 15 heavy (non-hydrogen) atoms. The summed E-state index contributed by atoms with van der Waals surface area (Å²) in [6.07, 6.45) is 1.87. The number of nitrogens with one attached hydrogen (secondary N) is 1. The van der Waals surface area contributed by atoms with Crippen molar-refractivity contribution < 1.29 is 9.52 Å². The molecule has 1 aromatic heterocycles. The van der Waals surface area contributed by atoms with E-state index < -0.39 is 0 Å². The number of hydrogen-bond donors (Lipinski definition) is 2. The molecule has 1 atom stereocenters. The van der Waals surface area contributed by atoms with E-state index in [9.17, 15) is 0 Å². The summed E-state index contributed by atoms with van der Waals surface area (Å²) in [5.74, 6) is 1.96. The third-order valence-electron chi connectivity index (χ3n) is 2.58. The van der Waals surface area contributed by atoms with Crippen molar-refractivity contribution in [3.8, 4) is 0 Å². The summed E-state index contributed by atoms with van der Waals surface area (Å²) < 4.78 is 5.45. The van der Waals surface area contributed by atoms with Crippen LogP contribution in [0.25, 0.3) is 0 Å². The van der Waals surface area contributed by atoms with Crippen LogP contribution in [0.2, 0.25) is 0 Å². The lowest BCUT2D eigenvalue weighted by Gasteiger charge is -2.12. The highest BCUT2D eigenvalue weighted by atomic mass is 16.3. The van der Waals surface area contributed by atoms with Crippen LogP contribution >= 0.6 is 0 Å². The Morgan fingerprint density at radius 2 is 2.20 bits per heavy atom. The van der Waals surface area contributed by atoms with Gasteiger partial charge in [-0.3, -0.25) is 0 Å². The van der Waals surface area contributed by atoms with Gasteiger partial charge in [0, 0.05) is 24.8 Å². The van der Waals surface area contributed by atoms with Crippen LogP contribution in [0.5, 0.6) is 0 Å². The summed E-state index contributed by atoms with van der Waals surface area (Å²) >= 11 is 0. The predicted octanol–water partition coefficient (Wildman–Crippen LogP) is 2.15. The van der Waals surface area contributed by atoms with E-state index in [1.54, 1.807) is 0 Å². The van der Waals surface area contributed by atoms with Gasteiger partial charge in [-0.2, -0.15) is 0 Å². The number of aliphatic hydroxyl groups excluding tert-OH is 1. The number of hydrogen-bond acceptors (Lipinski definition) is 3. The first-order chi connectivity index (χ1) is 7.13. The Balaban J connectivity index is 2.33. The summed E-state index contributed by atoms with van der Waals surface area (Å²) in [4.78, 5) is 0. The van der Waals surface area contributed by atoms with E-state index in [4.69, 9.17) is 9.52 Å². The van der Waals surface area contributed by atoms with Gasteiger partial charge in [-0.15, -0.1) is 0 Å². The Hall–Kier alpha value is -0.800. The van der Waals surface area contributed by atoms with Gasteiger partial charge in [0.2, 0.25) is 0 Å². The van der Waals surface area contributed by atoms with Crippen LogP contribution in [-0.4, -0.2) is 17.8 Å². The second-order valence-electron chi connectivity index (χ2n) is 4.09. The molecule has 0 spiro atoms. The Bertz CT molecular complexity index is 294. The number of furan rings is 1. The molecule has 1 aromatic rings. The van der Waals surface area contributed by atoms with Gasteiger partial charge in [0.05, 0.1) is 0 Å². The molecule has 0 radical (unpaired) electrons. The number of aliphatic hydroxyl groups is 1. The van der Waals surface area contributed by atoms with E-state index in [1.165, 1.54) is 5.56 Å². The van der Waals surface area contributed by atoms with Crippen LogP contribution in [0, 0.1) is 13.8 Å². The van der Waals surface area contributed by atoms with Gasteiger partial charge in [-0.05, 0) is 39.7 Å². The van der Waals surface area contributed by atoms with Crippen LogP contribution < -0.4 is 5.32 Å². The second kappa shape index (κ2) is 5.93. The molecule has 0 bridgehead atoms. The first kappa shape index (κ1) is 12.3. The lowest BCUT2D eigenvalue weighted by molar-refractivity contribution is 0.276. The zero-order valence-corrected chi connectivity index (χ0v) is 9.84. The largest absolute Gasteiger partial charge is 0.466 e. The Labute approximate surface area is 91.5 Å². The first-order valence-corrected chi connectivity index (χ1v) is 5.53. The fraction of sp³-hybridized carbons (Fsp3) is 0.667. The molecule has 0 amide bonds. The van der Waals surface area contributed by atoms with Crippen molar-refractivity contribution in [3.05, 3.63) is 23.2 Å². The molecule has 0 saturated carbocycles. The zero-order valence-electron chi connectivity index (χ0n) is 9.84. The summed E-state index contributed by atoms with van der Waals surface area (Å²) in [6.45, 7) is 7.21. The van der Waals surface area contributed by atoms with Crippen LogP contribution in [0.4, 0.5) is 0 Å². The maximum absolute atomic E-state index is 8.71. The van der Waals surface area contributed by atoms with Gasteiger partial charge >= 0.3 is 0 Å². The maximum atomic E-state index is 8.71. The van der Waals surface area contributed by atoms with Crippen molar-refractivity contribution in [2.75, 3.05) is 6.61 Å². The molecule has 0 aliphatic rings. The van der Waals surface area contributed by atoms with Crippen LogP contribution in [0.15, 0.2) is 10.5 Å². The molecule has 86 valence electrons.